The molecule has 0 aromatic heterocycles. The van der Waals surface area contributed by atoms with Gasteiger partial charge in [0.1, 0.15) is 17.4 Å². The van der Waals surface area contributed by atoms with Crippen LogP contribution in [0.2, 0.25) is 0 Å². The average Bonchev–Trinajstić information content (AvgIpc) is 2.52. The van der Waals surface area contributed by atoms with Crippen molar-refractivity contribution < 1.29 is 18.3 Å². The fourth-order valence-corrected chi connectivity index (χ4v) is 1.86. The summed E-state index contributed by atoms with van der Waals surface area (Å²) in [5, 5.41) is 4.81. The number of carbonyl (C=O) groups excluding carboxylic acids is 1. The van der Waals surface area contributed by atoms with Gasteiger partial charge in [0.2, 0.25) is 0 Å². The molecule has 0 saturated heterocycles. The molecule has 0 unspecified atom stereocenters. The van der Waals surface area contributed by atoms with Crippen LogP contribution in [0.15, 0.2) is 42.5 Å². The van der Waals surface area contributed by atoms with Gasteiger partial charge in [-0.15, -0.1) is 0 Å². The van der Waals surface area contributed by atoms with Crippen LogP contribution in [0.1, 0.15) is 12.0 Å². The van der Waals surface area contributed by atoms with Crippen molar-refractivity contribution in [3.8, 4) is 5.75 Å². The Kier molecular flexibility index (Phi) is 5.91. The first-order chi connectivity index (χ1) is 11.0. The standard InChI is InChI=1S/C17H18F2N2O2/c1-12-3-6-14(7-4-12)23-10-2-9-20-17(22)21-16-11-13(18)5-8-15(16)19/h3-8,11H,2,9-10H2,1H3,(H2,20,21,22). The molecule has 0 radical (unpaired) electrons. The number of carbonyl (C=O) groups is 1. The van der Waals surface area contributed by atoms with E-state index in [4.69, 9.17) is 4.74 Å². The van der Waals surface area contributed by atoms with Crippen molar-refractivity contribution in [1.82, 2.24) is 5.32 Å². The SMILES string of the molecule is Cc1ccc(OCCCNC(=O)Nc2cc(F)ccc2F)cc1. The number of hydrogen-bond acceptors (Lipinski definition) is 2. The van der Waals surface area contributed by atoms with Gasteiger partial charge in [0.25, 0.3) is 0 Å². The molecule has 0 aliphatic carbocycles. The molecule has 2 aromatic rings. The molecule has 0 atom stereocenters. The van der Waals surface area contributed by atoms with Crippen LogP contribution in [0.3, 0.4) is 0 Å². The van der Waals surface area contributed by atoms with Gasteiger partial charge in [-0.1, -0.05) is 17.7 Å². The van der Waals surface area contributed by atoms with Gasteiger partial charge in [-0.05, 0) is 37.6 Å². The second-order valence-electron chi connectivity index (χ2n) is 5.02. The Bertz CT molecular complexity index is 660. The Labute approximate surface area is 133 Å². The van der Waals surface area contributed by atoms with Crippen LogP contribution in [0, 0.1) is 18.6 Å². The minimum atomic E-state index is -0.691. The molecule has 0 aliphatic heterocycles. The second-order valence-corrected chi connectivity index (χ2v) is 5.02. The van der Waals surface area contributed by atoms with Crippen LogP contribution in [0.5, 0.6) is 5.75 Å². The van der Waals surface area contributed by atoms with Crippen molar-refractivity contribution in [2.24, 2.45) is 0 Å². The molecule has 2 rings (SSSR count). The summed E-state index contributed by atoms with van der Waals surface area (Å²) in [6.45, 7) is 2.79. The van der Waals surface area contributed by atoms with E-state index in [1.807, 2.05) is 31.2 Å². The lowest BCUT2D eigenvalue weighted by Crippen LogP contribution is -2.30. The van der Waals surface area contributed by atoms with Crippen LogP contribution >= 0.6 is 0 Å². The highest BCUT2D eigenvalue weighted by molar-refractivity contribution is 5.89. The molecule has 4 nitrogen and oxygen atoms in total. The van der Waals surface area contributed by atoms with E-state index in [0.717, 1.165) is 29.5 Å². The van der Waals surface area contributed by atoms with Gasteiger partial charge >= 0.3 is 6.03 Å². The number of hydrogen-bond donors (Lipinski definition) is 2. The van der Waals surface area contributed by atoms with E-state index >= 15 is 0 Å². The molecule has 2 aromatic carbocycles. The lowest BCUT2D eigenvalue weighted by atomic mass is 10.2. The quantitative estimate of drug-likeness (QED) is 0.794. The largest absolute Gasteiger partial charge is 0.494 e. The Morgan fingerprint density at radius 3 is 2.61 bits per heavy atom. The summed E-state index contributed by atoms with van der Waals surface area (Å²) < 4.78 is 31.9. The lowest BCUT2D eigenvalue weighted by Gasteiger charge is -2.09. The van der Waals surface area contributed by atoms with Gasteiger partial charge in [-0.3, -0.25) is 0 Å². The minimum absolute atomic E-state index is 0.196. The number of rotatable bonds is 6. The van der Waals surface area contributed by atoms with Crippen molar-refractivity contribution in [2.75, 3.05) is 18.5 Å². The molecular formula is C17H18F2N2O2. The van der Waals surface area contributed by atoms with Crippen LogP contribution in [-0.4, -0.2) is 19.2 Å². The number of anilines is 1. The topological polar surface area (TPSA) is 50.4 Å². The monoisotopic (exact) mass is 320 g/mol. The number of ether oxygens (including phenoxy) is 1. The van der Waals surface area contributed by atoms with Gasteiger partial charge in [0.15, 0.2) is 0 Å². The molecule has 0 heterocycles. The maximum atomic E-state index is 13.4. The lowest BCUT2D eigenvalue weighted by molar-refractivity contribution is 0.250. The maximum absolute atomic E-state index is 13.4. The maximum Gasteiger partial charge on any atom is 0.319 e. The van der Waals surface area contributed by atoms with E-state index in [9.17, 15) is 13.6 Å². The predicted octanol–water partition coefficient (Wildman–Crippen LogP) is 3.86. The fraction of sp³-hybridized carbons (Fsp3) is 0.235. The first kappa shape index (κ1) is 16.7. The third-order valence-electron chi connectivity index (χ3n) is 3.07. The van der Waals surface area contributed by atoms with Crippen LogP contribution in [0.25, 0.3) is 0 Å². The van der Waals surface area contributed by atoms with Gasteiger partial charge in [-0.25, -0.2) is 13.6 Å². The van der Waals surface area contributed by atoms with E-state index in [-0.39, 0.29) is 5.69 Å². The van der Waals surface area contributed by atoms with Gasteiger partial charge in [0, 0.05) is 12.6 Å². The highest BCUT2D eigenvalue weighted by atomic mass is 19.1. The Morgan fingerprint density at radius 2 is 1.87 bits per heavy atom. The van der Waals surface area contributed by atoms with Crippen LogP contribution in [0.4, 0.5) is 19.3 Å². The molecule has 0 saturated carbocycles. The van der Waals surface area contributed by atoms with E-state index in [2.05, 4.69) is 10.6 Å². The van der Waals surface area contributed by atoms with E-state index in [1.54, 1.807) is 0 Å². The molecule has 0 fully saturated rings. The van der Waals surface area contributed by atoms with Crippen molar-refractivity contribution in [3.05, 3.63) is 59.7 Å². The molecular weight excluding hydrogens is 302 g/mol. The molecule has 0 bridgehead atoms. The van der Waals surface area contributed by atoms with E-state index in [0.29, 0.717) is 19.6 Å². The number of aryl methyl sites for hydroxylation is 1. The van der Waals surface area contributed by atoms with Gasteiger partial charge in [0.05, 0.1) is 12.3 Å². The van der Waals surface area contributed by atoms with Crippen molar-refractivity contribution in [2.45, 2.75) is 13.3 Å². The zero-order valence-electron chi connectivity index (χ0n) is 12.7. The highest BCUT2D eigenvalue weighted by Gasteiger charge is 2.07. The molecule has 2 amide bonds. The summed E-state index contributed by atoms with van der Waals surface area (Å²) in [5.41, 5.74) is 0.957. The summed E-state index contributed by atoms with van der Waals surface area (Å²) in [5.74, 6) is -0.542. The third-order valence-corrected chi connectivity index (χ3v) is 3.07. The zero-order valence-corrected chi connectivity index (χ0v) is 12.7. The molecule has 23 heavy (non-hydrogen) atoms. The smallest absolute Gasteiger partial charge is 0.319 e. The molecule has 0 aliphatic rings. The third kappa shape index (κ3) is 5.58. The van der Waals surface area contributed by atoms with Crippen LogP contribution in [-0.2, 0) is 0 Å². The average molecular weight is 320 g/mol. The number of urea groups is 1. The minimum Gasteiger partial charge on any atom is -0.494 e. The van der Waals surface area contributed by atoms with Gasteiger partial charge in [-0.2, -0.15) is 0 Å². The fourth-order valence-electron chi connectivity index (χ4n) is 1.86. The predicted molar refractivity (Wildman–Crippen MR) is 84.7 cm³/mol. The van der Waals surface area contributed by atoms with E-state index < -0.39 is 17.7 Å². The molecule has 122 valence electrons. The molecule has 2 N–H and O–H groups in total. The summed E-state index contributed by atoms with van der Waals surface area (Å²) in [6, 6.07) is 9.94. The summed E-state index contributed by atoms with van der Waals surface area (Å²) in [6.07, 6.45) is 0.590. The van der Waals surface area contributed by atoms with Crippen LogP contribution < -0.4 is 15.4 Å². The van der Waals surface area contributed by atoms with Crippen molar-refractivity contribution in [1.29, 1.82) is 0 Å². The summed E-state index contributed by atoms with van der Waals surface area (Å²) >= 11 is 0. The Morgan fingerprint density at radius 1 is 1.13 bits per heavy atom. The zero-order chi connectivity index (χ0) is 16.7. The normalized spacial score (nSPS) is 10.2. The number of amides is 2. The number of benzene rings is 2. The summed E-state index contributed by atoms with van der Waals surface area (Å²) in [7, 11) is 0. The Balaban J connectivity index is 1.67. The Hall–Kier alpha value is -2.63. The van der Waals surface area contributed by atoms with Crippen molar-refractivity contribution in [3.63, 3.8) is 0 Å². The first-order valence-corrected chi connectivity index (χ1v) is 7.24. The van der Waals surface area contributed by atoms with E-state index in [1.165, 1.54) is 0 Å². The highest BCUT2D eigenvalue weighted by Crippen LogP contribution is 2.15. The molecule has 0 spiro atoms. The van der Waals surface area contributed by atoms with Gasteiger partial charge < -0.3 is 15.4 Å². The molecule has 6 heteroatoms. The number of halogens is 2. The number of nitrogens with one attached hydrogen (secondary N) is 2. The summed E-state index contributed by atoms with van der Waals surface area (Å²) in [4.78, 5) is 11.6. The van der Waals surface area contributed by atoms with Crippen molar-refractivity contribution >= 4 is 11.7 Å². The first-order valence-electron chi connectivity index (χ1n) is 7.24. The second kappa shape index (κ2) is 8.12.